The van der Waals surface area contributed by atoms with Crippen molar-refractivity contribution in [3.05, 3.63) is 93.4 Å². The summed E-state index contributed by atoms with van der Waals surface area (Å²) in [5.41, 5.74) is 4.58. The molecule has 4 heteroatoms. The summed E-state index contributed by atoms with van der Waals surface area (Å²) in [6, 6.07) is 21.1. The smallest absolute Gasteiger partial charge is 0.270 e. The topological polar surface area (TPSA) is 41.0 Å². The van der Waals surface area contributed by atoms with Gasteiger partial charge in [-0.25, -0.2) is 4.68 Å². The molecule has 1 aliphatic rings. The van der Waals surface area contributed by atoms with Gasteiger partial charge in [0.05, 0.1) is 6.04 Å². The number of hydrogen-bond donors (Lipinski definition) is 1. The Morgan fingerprint density at radius 1 is 0.926 bits per heavy atom. The Balaban J connectivity index is 1.43. The summed E-state index contributed by atoms with van der Waals surface area (Å²) >= 11 is 0. The first-order valence-corrected chi connectivity index (χ1v) is 9.81. The lowest BCUT2D eigenvalue weighted by molar-refractivity contribution is 0.171. The van der Waals surface area contributed by atoms with Gasteiger partial charge in [-0.1, -0.05) is 60.7 Å². The van der Waals surface area contributed by atoms with Crippen molar-refractivity contribution >= 4 is 0 Å². The van der Waals surface area contributed by atoms with Gasteiger partial charge in [0.25, 0.3) is 5.56 Å². The van der Waals surface area contributed by atoms with Crippen LogP contribution in [0.1, 0.15) is 41.3 Å². The molecule has 1 N–H and O–H groups in total. The van der Waals surface area contributed by atoms with Gasteiger partial charge in [0.2, 0.25) is 0 Å². The van der Waals surface area contributed by atoms with Crippen LogP contribution >= 0.6 is 0 Å². The van der Waals surface area contributed by atoms with Crippen LogP contribution in [-0.4, -0.2) is 27.8 Å². The summed E-state index contributed by atoms with van der Waals surface area (Å²) in [4.78, 5) is 15.5. The largest absolute Gasteiger partial charge is 0.299 e. The molecule has 27 heavy (non-hydrogen) atoms. The lowest BCUT2D eigenvalue weighted by Gasteiger charge is -2.32. The third-order valence-corrected chi connectivity index (χ3v) is 5.61. The van der Waals surface area contributed by atoms with Crippen LogP contribution in [0.15, 0.2) is 65.5 Å². The van der Waals surface area contributed by atoms with Gasteiger partial charge >= 0.3 is 0 Å². The third-order valence-electron chi connectivity index (χ3n) is 5.61. The first-order valence-electron chi connectivity index (χ1n) is 9.81. The molecule has 0 aliphatic carbocycles. The van der Waals surface area contributed by atoms with Crippen molar-refractivity contribution in [3.8, 4) is 0 Å². The van der Waals surface area contributed by atoms with E-state index in [0.29, 0.717) is 6.42 Å². The van der Waals surface area contributed by atoms with Crippen LogP contribution in [0.25, 0.3) is 0 Å². The number of H-pyrrole nitrogens is 1. The number of aryl methyl sites for hydroxylation is 1. The average molecular weight is 361 g/mol. The van der Waals surface area contributed by atoms with Crippen LogP contribution in [0.5, 0.6) is 0 Å². The van der Waals surface area contributed by atoms with Crippen molar-refractivity contribution in [2.45, 2.75) is 38.8 Å². The second kappa shape index (κ2) is 7.97. The van der Waals surface area contributed by atoms with Gasteiger partial charge in [-0.05, 0) is 30.9 Å². The number of likely N-dealkylation sites (tertiary alicyclic amines) is 1. The minimum atomic E-state index is 0.151. The SMILES string of the molecule is Cc1[nH]n(C2CCN(Cc3ccccc3)CC2)c(=O)c1Cc1ccccc1. The molecule has 0 atom stereocenters. The second-order valence-electron chi connectivity index (χ2n) is 7.55. The van der Waals surface area contributed by atoms with E-state index in [1.54, 1.807) is 0 Å². The number of hydrogen-bond acceptors (Lipinski definition) is 2. The Morgan fingerprint density at radius 2 is 1.52 bits per heavy atom. The van der Waals surface area contributed by atoms with Crippen LogP contribution in [-0.2, 0) is 13.0 Å². The van der Waals surface area contributed by atoms with Crippen molar-refractivity contribution in [1.29, 1.82) is 0 Å². The zero-order chi connectivity index (χ0) is 18.6. The molecule has 2 heterocycles. The zero-order valence-electron chi connectivity index (χ0n) is 15.9. The van der Waals surface area contributed by atoms with Gasteiger partial charge in [0.15, 0.2) is 0 Å². The lowest BCUT2D eigenvalue weighted by Crippen LogP contribution is -2.37. The summed E-state index contributed by atoms with van der Waals surface area (Å²) in [6.45, 7) is 5.06. The monoisotopic (exact) mass is 361 g/mol. The standard InChI is InChI=1S/C23H27N3O/c1-18-22(16-19-8-4-2-5-9-19)23(27)26(24-18)21-12-14-25(15-13-21)17-20-10-6-3-7-11-20/h2-11,21,24H,12-17H2,1H3. The molecule has 4 nitrogen and oxygen atoms in total. The van der Waals surface area contributed by atoms with Crippen molar-refractivity contribution in [2.75, 3.05) is 13.1 Å². The zero-order valence-corrected chi connectivity index (χ0v) is 15.9. The average Bonchev–Trinajstić information content (AvgIpc) is 2.98. The van der Waals surface area contributed by atoms with E-state index < -0.39 is 0 Å². The van der Waals surface area contributed by atoms with Gasteiger partial charge in [-0.15, -0.1) is 0 Å². The highest BCUT2D eigenvalue weighted by molar-refractivity contribution is 5.27. The first-order chi connectivity index (χ1) is 13.2. The Bertz CT molecular complexity index is 919. The van der Waals surface area contributed by atoms with E-state index >= 15 is 0 Å². The molecule has 140 valence electrons. The molecule has 0 radical (unpaired) electrons. The van der Waals surface area contributed by atoms with E-state index in [4.69, 9.17) is 0 Å². The van der Waals surface area contributed by atoms with E-state index in [9.17, 15) is 4.79 Å². The van der Waals surface area contributed by atoms with Crippen LogP contribution in [0.2, 0.25) is 0 Å². The number of piperidine rings is 1. The lowest BCUT2D eigenvalue weighted by atomic mass is 10.0. The minimum absolute atomic E-state index is 0.151. The van der Waals surface area contributed by atoms with Crippen molar-refractivity contribution in [1.82, 2.24) is 14.7 Å². The highest BCUT2D eigenvalue weighted by Crippen LogP contribution is 2.23. The molecule has 1 aromatic heterocycles. The van der Waals surface area contributed by atoms with Gasteiger partial charge in [-0.3, -0.25) is 14.8 Å². The molecule has 1 fully saturated rings. The molecule has 0 amide bonds. The predicted molar refractivity (Wildman–Crippen MR) is 109 cm³/mol. The van der Waals surface area contributed by atoms with Gasteiger partial charge < -0.3 is 0 Å². The maximum Gasteiger partial charge on any atom is 0.270 e. The number of nitrogens with zero attached hydrogens (tertiary/aromatic N) is 2. The van der Waals surface area contributed by atoms with E-state index in [2.05, 4.69) is 52.5 Å². The quantitative estimate of drug-likeness (QED) is 0.748. The highest BCUT2D eigenvalue weighted by Gasteiger charge is 2.24. The molecule has 0 saturated carbocycles. The van der Waals surface area contributed by atoms with Gasteiger partial charge in [0, 0.05) is 37.3 Å². The Kier molecular flexibility index (Phi) is 5.26. The summed E-state index contributed by atoms with van der Waals surface area (Å²) < 4.78 is 1.88. The molecule has 4 rings (SSSR count). The summed E-state index contributed by atoms with van der Waals surface area (Å²) in [7, 11) is 0. The molecule has 1 saturated heterocycles. The second-order valence-corrected chi connectivity index (χ2v) is 7.55. The van der Waals surface area contributed by atoms with Crippen LogP contribution < -0.4 is 5.56 Å². The number of aromatic amines is 1. The fourth-order valence-corrected chi connectivity index (χ4v) is 4.05. The number of rotatable bonds is 5. The van der Waals surface area contributed by atoms with Gasteiger partial charge in [0.1, 0.15) is 0 Å². The molecule has 0 unspecified atom stereocenters. The van der Waals surface area contributed by atoms with E-state index in [1.807, 2.05) is 29.8 Å². The van der Waals surface area contributed by atoms with E-state index in [1.165, 1.54) is 11.1 Å². The summed E-state index contributed by atoms with van der Waals surface area (Å²) in [6.07, 6.45) is 2.72. The maximum absolute atomic E-state index is 13.0. The van der Waals surface area contributed by atoms with Gasteiger partial charge in [-0.2, -0.15) is 0 Å². The fourth-order valence-electron chi connectivity index (χ4n) is 4.05. The fraction of sp³-hybridized carbons (Fsp3) is 0.348. The molecule has 1 aliphatic heterocycles. The predicted octanol–water partition coefficient (Wildman–Crippen LogP) is 3.91. The molecule has 3 aromatic rings. The Labute approximate surface area is 160 Å². The molecular formula is C23H27N3O. The minimum Gasteiger partial charge on any atom is -0.299 e. The third kappa shape index (κ3) is 4.06. The Morgan fingerprint density at radius 3 is 2.15 bits per heavy atom. The maximum atomic E-state index is 13.0. The van der Waals surface area contributed by atoms with Crippen molar-refractivity contribution in [2.24, 2.45) is 0 Å². The summed E-state index contributed by atoms with van der Waals surface area (Å²) in [5.74, 6) is 0. The van der Waals surface area contributed by atoms with Crippen molar-refractivity contribution in [3.63, 3.8) is 0 Å². The van der Waals surface area contributed by atoms with Crippen LogP contribution in [0, 0.1) is 6.92 Å². The molecule has 0 bridgehead atoms. The molecule has 0 spiro atoms. The number of benzene rings is 2. The molecule has 2 aromatic carbocycles. The highest BCUT2D eigenvalue weighted by atomic mass is 16.1. The van der Waals surface area contributed by atoms with Crippen LogP contribution in [0.4, 0.5) is 0 Å². The summed E-state index contributed by atoms with van der Waals surface area (Å²) in [5, 5.41) is 3.35. The normalized spacial score (nSPS) is 15.9. The molecular weight excluding hydrogens is 334 g/mol. The van der Waals surface area contributed by atoms with Crippen molar-refractivity contribution < 1.29 is 0 Å². The van der Waals surface area contributed by atoms with E-state index in [0.717, 1.165) is 43.7 Å². The van der Waals surface area contributed by atoms with E-state index in [-0.39, 0.29) is 11.6 Å². The first kappa shape index (κ1) is 17.8. The van der Waals surface area contributed by atoms with Crippen LogP contribution in [0.3, 0.4) is 0 Å². The number of aromatic nitrogens is 2. The Hall–Kier alpha value is -2.59. The number of nitrogens with one attached hydrogen (secondary N) is 1.